The van der Waals surface area contributed by atoms with E-state index in [4.69, 9.17) is 9.98 Å². The third-order valence-corrected chi connectivity index (χ3v) is 7.07. The number of aromatic nitrogens is 1. The summed E-state index contributed by atoms with van der Waals surface area (Å²) in [5, 5.41) is 1.32. The van der Waals surface area contributed by atoms with Crippen molar-refractivity contribution in [2.45, 2.75) is 46.0 Å². The van der Waals surface area contributed by atoms with E-state index < -0.39 is 0 Å². The maximum Gasteiger partial charge on any atom is 0.0975 e. The second kappa shape index (κ2) is 6.48. The fraction of sp³-hybridized carbons (Fsp3) is 0.619. The average Bonchev–Trinajstić information content (AvgIpc) is 2.97. The van der Waals surface area contributed by atoms with Crippen molar-refractivity contribution in [3.63, 3.8) is 0 Å². The number of likely N-dealkylation sites (tertiary alicyclic amines) is 1. The lowest BCUT2D eigenvalue weighted by Crippen LogP contribution is -2.42. The van der Waals surface area contributed by atoms with Crippen LogP contribution >= 0.6 is 11.3 Å². The summed E-state index contributed by atoms with van der Waals surface area (Å²) in [5.74, 6) is 1.29. The van der Waals surface area contributed by atoms with Gasteiger partial charge in [-0.3, -0.25) is 4.99 Å². The highest BCUT2D eigenvalue weighted by molar-refractivity contribution is 7.18. The van der Waals surface area contributed by atoms with Gasteiger partial charge in [0.1, 0.15) is 0 Å². The summed E-state index contributed by atoms with van der Waals surface area (Å²) in [6.07, 6.45) is 3.56. The van der Waals surface area contributed by atoms with Crippen molar-refractivity contribution in [2.75, 3.05) is 26.7 Å². The highest BCUT2D eigenvalue weighted by atomic mass is 32.1. The molecule has 2 aliphatic heterocycles. The van der Waals surface area contributed by atoms with E-state index in [0.29, 0.717) is 5.92 Å². The molecule has 1 aromatic carbocycles. The van der Waals surface area contributed by atoms with Crippen LogP contribution in [-0.2, 0) is 0 Å². The van der Waals surface area contributed by atoms with Crippen LogP contribution in [0.25, 0.3) is 10.2 Å². The minimum Gasteiger partial charge on any atom is -0.306 e. The predicted molar refractivity (Wildman–Crippen MR) is 108 cm³/mol. The highest BCUT2D eigenvalue weighted by Crippen LogP contribution is 2.44. The normalized spacial score (nSPS) is 27.4. The Balaban J connectivity index is 1.65. The van der Waals surface area contributed by atoms with Gasteiger partial charge < -0.3 is 4.90 Å². The summed E-state index contributed by atoms with van der Waals surface area (Å²) in [6, 6.07) is 6.78. The molecule has 1 aromatic heterocycles. The molecule has 0 aliphatic carbocycles. The molecule has 4 heteroatoms. The van der Waals surface area contributed by atoms with Crippen LogP contribution < -0.4 is 0 Å². The van der Waals surface area contributed by atoms with Gasteiger partial charge in [-0.1, -0.05) is 26.8 Å². The number of fused-ring (bicyclic) bond motifs is 1. The Morgan fingerprint density at radius 2 is 2.08 bits per heavy atom. The molecule has 1 unspecified atom stereocenters. The first-order chi connectivity index (χ1) is 11.9. The lowest BCUT2D eigenvalue weighted by Gasteiger charge is -2.42. The van der Waals surface area contributed by atoms with Crippen molar-refractivity contribution in [1.82, 2.24) is 9.88 Å². The standard InChI is InChI=1S/C21H29N3S/c1-14-5-7-17(22-12-14)15-6-8-19-18(11-15)23-20(25-19)16-9-10-24(4)13-21(16,2)3/h6,8,11,14,16H,5,7,9-10,12-13H2,1-4H3/t14-,16?/m0/s1. The monoisotopic (exact) mass is 355 g/mol. The molecule has 0 bridgehead atoms. The van der Waals surface area contributed by atoms with Gasteiger partial charge >= 0.3 is 0 Å². The van der Waals surface area contributed by atoms with Crippen LogP contribution in [0.4, 0.5) is 0 Å². The van der Waals surface area contributed by atoms with Crippen molar-refractivity contribution in [3.8, 4) is 0 Å². The zero-order valence-corrected chi connectivity index (χ0v) is 16.7. The van der Waals surface area contributed by atoms with E-state index in [-0.39, 0.29) is 5.41 Å². The lowest BCUT2D eigenvalue weighted by molar-refractivity contribution is 0.114. The summed E-state index contributed by atoms with van der Waals surface area (Å²) in [5.41, 5.74) is 3.99. The van der Waals surface area contributed by atoms with E-state index in [1.54, 1.807) is 0 Å². The Labute approximate surface area is 155 Å². The van der Waals surface area contributed by atoms with Gasteiger partial charge in [-0.15, -0.1) is 11.3 Å². The van der Waals surface area contributed by atoms with E-state index in [2.05, 4.69) is 50.9 Å². The molecule has 2 atom stereocenters. The third-order valence-electron chi connectivity index (χ3n) is 5.92. The van der Waals surface area contributed by atoms with Gasteiger partial charge in [0, 0.05) is 24.7 Å². The summed E-state index contributed by atoms with van der Waals surface area (Å²) >= 11 is 1.89. The van der Waals surface area contributed by atoms with Gasteiger partial charge in [-0.05, 0) is 61.9 Å². The molecule has 3 heterocycles. The minimum absolute atomic E-state index is 0.285. The first-order valence-electron chi connectivity index (χ1n) is 9.55. The maximum atomic E-state index is 5.07. The Morgan fingerprint density at radius 3 is 2.80 bits per heavy atom. The molecule has 1 fully saturated rings. The van der Waals surface area contributed by atoms with Crippen LogP contribution in [0.5, 0.6) is 0 Å². The molecule has 134 valence electrons. The predicted octanol–water partition coefficient (Wildman–Crippen LogP) is 4.96. The molecular formula is C21H29N3S. The van der Waals surface area contributed by atoms with E-state index in [0.717, 1.165) is 30.9 Å². The van der Waals surface area contributed by atoms with E-state index in [1.165, 1.54) is 40.4 Å². The van der Waals surface area contributed by atoms with Crippen LogP contribution in [0.15, 0.2) is 23.2 Å². The van der Waals surface area contributed by atoms with Crippen LogP contribution in [0, 0.1) is 11.3 Å². The average molecular weight is 356 g/mol. The summed E-state index contributed by atoms with van der Waals surface area (Å²) in [7, 11) is 2.23. The summed E-state index contributed by atoms with van der Waals surface area (Å²) in [4.78, 5) is 12.3. The molecule has 0 spiro atoms. The molecule has 2 aliphatic rings. The van der Waals surface area contributed by atoms with Gasteiger partial charge in [-0.2, -0.15) is 0 Å². The largest absolute Gasteiger partial charge is 0.306 e. The Bertz CT molecular complexity index is 805. The Morgan fingerprint density at radius 1 is 1.24 bits per heavy atom. The van der Waals surface area contributed by atoms with Gasteiger partial charge in [0.15, 0.2) is 0 Å². The molecule has 1 saturated heterocycles. The molecule has 0 saturated carbocycles. The molecule has 25 heavy (non-hydrogen) atoms. The molecule has 0 N–H and O–H groups in total. The van der Waals surface area contributed by atoms with Crippen molar-refractivity contribution in [2.24, 2.45) is 16.3 Å². The van der Waals surface area contributed by atoms with Gasteiger partial charge in [0.05, 0.1) is 15.2 Å². The summed E-state index contributed by atoms with van der Waals surface area (Å²) < 4.78 is 1.32. The smallest absolute Gasteiger partial charge is 0.0975 e. The van der Waals surface area contributed by atoms with Crippen LogP contribution in [0.1, 0.15) is 56.5 Å². The third kappa shape index (κ3) is 3.39. The topological polar surface area (TPSA) is 28.5 Å². The van der Waals surface area contributed by atoms with E-state index in [9.17, 15) is 0 Å². The number of benzene rings is 1. The number of aliphatic imine (C=N–C) groups is 1. The van der Waals surface area contributed by atoms with E-state index >= 15 is 0 Å². The quantitative estimate of drug-likeness (QED) is 0.761. The fourth-order valence-corrected chi connectivity index (χ4v) is 5.71. The van der Waals surface area contributed by atoms with Crippen molar-refractivity contribution < 1.29 is 0 Å². The first kappa shape index (κ1) is 17.2. The lowest BCUT2D eigenvalue weighted by atomic mass is 9.74. The Kier molecular flexibility index (Phi) is 4.45. The van der Waals surface area contributed by atoms with Gasteiger partial charge in [0.25, 0.3) is 0 Å². The van der Waals surface area contributed by atoms with Gasteiger partial charge in [-0.25, -0.2) is 4.98 Å². The molecule has 2 aromatic rings. The molecule has 0 radical (unpaired) electrons. The zero-order chi connectivity index (χ0) is 17.6. The number of thiazole rings is 1. The van der Waals surface area contributed by atoms with Crippen LogP contribution in [0.3, 0.4) is 0 Å². The molecular weight excluding hydrogens is 326 g/mol. The van der Waals surface area contributed by atoms with Crippen LogP contribution in [0.2, 0.25) is 0 Å². The number of hydrogen-bond acceptors (Lipinski definition) is 4. The minimum atomic E-state index is 0.285. The highest BCUT2D eigenvalue weighted by Gasteiger charge is 2.37. The first-order valence-corrected chi connectivity index (χ1v) is 10.4. The molecule has 0 amide bonds. The number of rotatable bonds is 2. The van der Waals surface area contributed by atoms with Crippen molar-refractivity contribution in [3.05, 3.63) is 28.8 Å². The van der Waals surface area contributed by atoms with E-state index in [1.807, 2.05) is 11.3 Å². The second-order valence-corrected chi connectivity index (χ2v) is 9.80. The number of piperidine rings is 1. The zero-order valence-electron chi connectivity index (χ0n) is 15.9. The Hall–Kier alpha value is -1.26. The number of nitrogens with zero attached hydrogens (tertiary/aromatic N) is 3. The van der Waals surface area contributed by atoms with Gasteiger partial charge in [0.2, 0.25) is 0 Å². The van der Waals surface area contributed by atoms with Crippen molar-refractivity contribution in [1.29, 1.82) is 0 Å². The SMILES string of the molecule is C[C@H]1CCC(c2ccc3sc(C4CCN(C)CC4(C)C)nc3c2)=NC1. The van der Waals surface area contributed by atoms with Crippen molar-refractivity contribution >= 4 is 27.3 Å². The fourth-order valence-electron chi connectivity index (χ4n) is 4.41. The molecule has 3 nitrogen and oxygen atoms in total. The second-order valence-electron chi connectivity index (χ2n) is 8.73. The molecule has 4 rings (SSSR count). The summed E-state index contributed by atoms with van der Waals surface area (Å²) in [6.45, 7) is 10.4. The van der Waals surface area contributed by atoms with Crippen LogP contribution in [-0.4, -0.2) is 42.3 Å². The maximum absolute atomic E-state index is 5.07. The number of hydrogen-bond donors (Lipinski definition) is 0.